The lowest BCUT2D eigenvalue weighted by Crippen LogP contribution is -2.36. The maximum atomic E-state index is 10.6. The molecule has 2 unspecified atom stereocenters. The van der Waals surface area contributed by atoms with Crippen molar-refractivity contribution in [2.24, 2.45) is 5.73 Å². The van der Waals surface area contributed by atoms with Gasteiger partial charge in [-0.2, -0.15) is 0 Å². The average molecular weight is 183 g/mol. The number of H-pyrrole nitrogens is 1. The van der Waals surface area contributed by atoms with E-state index in [9.17, 15) is 4.79 Å². The summed E-state index contributed by atoms with van der Waals surface area (Å²) >= 11 is 0. The van der Waals surface area contributed by atoms with E-state index in [2.05, 4.69) is 9.97 Å². The molecule has 0 saturated heterocycles. The van der Waals surface area contributed by atoms with Crippen molar-refractivity contribution in [3.63, 3.8) is 0 Å². The summed E-state index contributed by atoms with van der Waals surface area (Å²) in [5, 5.41) is 8.72. The van der Waals surface area contributed by atoms with Crippen LogP contribution >= 0.6 is 0 Å². The molecule has 72 valence electrons. The van der Waals surface area contributed by atoms with Crippen molar-refractivity contribution in [1.82, 2.24) is 9.97 Å². The van der Waals surface area contributed by atoms with Crippen LogP contribution in [0.2, 0.25) is 0 Å². The lowest BCUT2D eigenvalue weighted by atomic mass is 9.95. The van der Waals surface area contributed by atoms with Crippen molar-refractivity contribution < 1.29 is 9.90 Å². The normalized spacial score (nSPS) is 15.2. The summed E-state index contributed by atoms with van der Waals surface area (Å²) in [7, 11) is 0. The van der Waals surface area contributed by atoms with E-state index >= 15 is 0 Å². The van der Waals surface area contributed by atoms with Gasteiger partial charge in [0.15, 0.2) is 0 Å². The molecular formula is C8H13N3O2. The maximum absolute atomic E-state index is 10.6. The first-order valence-electron chi connectivity index (χ1n) is 4.13. The van der Waals surface area contributed by atoms with E-state index in [0.29, 0.717) is 6.42 Å². The van der Waals surface area contributed by atoms with Gasteiger partial charge in [-0.25, -0.2) is 4.98 Å². The van der Waals surface area contributed by atoms with E-state index in [1.807, 2.05) is 6.92 Å². The standard InChI is InChI=1S/C8H13N3O2/c1-2-5(7(9)8(12)13)6-3-10-4-11-6/h3-5,7H,2,9H2,1H3,(H,10,11)(H,12,13). The molecule has 5 heteroatoms. The van der Waals surface area contributed by atoms with Gasteiger partial charge in [-0.3, -0.25) is 4.79 Å². The quantitative estimate of drug-likeness (QED) is 0.626. The van der Waals surface area contributed by atoms with E-state index in [-0.39, 0.29) is 5.92 Å². The second-order valence-electron chi connectivity index (χ2n) is 2.89. The van der Waals surface area contributed by atoms with Crippen LogP contribution in [-0.4, -0.2) is 27.1 Å². The Bertz CT molecular complexity index is 271. The molecule has 0 bridgehead atoms. The van der Waals surface area contributed by atoms with Gasteiger partial charge >= 0.3 is 5.97 Å². The predicted molar refractivity (Wildman–Crippen MR) is 47.2 cm³/mol. The molecule has 0 fully saturated rings. The molecule has 1 heterocycles. The van der Waals surface area contributed by atoms with E-state index in [1.54, 1.807) is 6.20 Å². The monoisotopic (exact) mass is 183 g/mol. The second kappa shape index (κ2) is 4.04. The molecule has 0 aliphatic rings. The molecule has 1 aromatic rings. The Kier molecular flexibility index (Phi) is 3.02. The van der Waals surface area contributed by atoms with Crippen LogP contribution in [0.4, 0.5) is 0 Å². The van der Waals surface area contributed by atoms with Crippen LogP contribution in [0.1, 0.15) is 25.0 Å². The summed E-state index contributed by atoms with van der Waals surface area (Å²) in [4.78, 5) is 17.3. The van der Waals surface area contributed by atoms with Crippen molar-refractivity contribution in [2.75, 3.05) is 0 Å². The Hall–Kier alpha value is -1.36. The average Bonchev–Trinajstić information content (AvgIpc) is 2.58. The lowest BCUT2D eigenvalue weighted by molar-refractivity contribution is -0.139. The van der Waals surface area contributed by atoms with Crippen molar-refractivity contribution in [3.8, 4) is 0 Å². The van der Waals surface area contributed by atoms with Crippen molar-refractivity contribution in [2.45, 2.75) is 25.3 Å². The molecule has 0 aromatic carbocycles. The number of carbonyl (C=O) groups is 1. The van der Waals surface area contributed by atoms with Crippen LogP contribution in [0, 0.1) is 0 Å². The summed E-state index contributed by atoms with van der Waals surface area (Å²) in [6.45, 7) is 1.90. The molecule has 1 aromatic heterocycles. The number of aromatic nitrogens is 2. The van der Waals surface area contributed by atoms with Crippen LogP contribution < -0.4 is 5.73 Å². The minimum absolute atomic E-state index is 0.194. The largest absolute Gasteiger partial charge is 0.480 e. The van der Waals surface area contributed by atoms with E-state index in [4.69, 9.17) is 10.8 Å². The number of rotatable bonds is 4. The fourth-order valence-electron chi connectivity index (χ4n) is 1.31. The molecule has 13 heavy (non-hydrogen) atoms. The lowest BCUT2D eigenvalue weighted by Gasteiger charge is -2.16. The third-order valence-corrected chi connectivity index (χ3v) is 2.08. The van der Waals surface area contributed by atoms with Crippen LogP contribution in [0.25, 0.3) is 0 Å². The van der Waals surface area contributed by atoms with Gasteiger partial charge < -0.3 is 15.8 Å². The van der Waals surface area contributed by atoms with Crippen LogP contribution in [0.3, 0.4) is 0 Å². The Morgan fingerprint density at radius 2 is 2.54 bits per heavy atom. The first-order valence-corrected chi connectivity index (χ1v) is 4.13. The number of nitrogens with two attached hydrogens (primary N) is 1. The number of carboxylic acid groups (broad SMARTS) is 1. The highest BCUT2D eigenvalue weighted by Crippen LogP contribution is 2.19. The summed E-state index contributed by atoms with van der Waals surface area (Å²) in [6, 6.07) is -0.870. The molecule has 2 atom stereocenters. The summed E-state index contributed by atoms with van der Waals surface area (Å²) in [5.41, 5.74) is 6.29. The van der Waals surface area contributed by atoms with Gasteiger partial charge in [0, 0.05) is 17.8 Å². The van der Waals surface area contributed by atoms with E-state index in [1.165, 1.54) is 6.33 Å². The number of carboxylic acids is 1. The molecule has 0 aliphatic carbocycles. The first-order chi connectivity index (χ1) is 6.16. The molecule has 0 saturated carbocycles. The fraction of sp³-hybridized carbons (Fsp3) is 0.500. The highest BCUT2D eigenvalue weighted by atomic mass is 16.4. The van der Waals surface area contributed by atoms with E-state index < -0.39 is 12.0 Å². The number of nitrogens with one attached hydrogen (secondary N) is 1. The van der Waals surface area contributed by atoms with Gasteiger partial charge in [-0.05, 0) is 6.42 Å². The molecule has 4 N–H and O–H groups in total. The predicted octanol–water partition coefficient (Wildman–Crippen LogP) is 0.315. The summed E-state index contributed by atoms with van der Waals surface area (Å²) < 4.78 is 0. The van der Waals surface area contributed by atoms with Crippen LogP contribution in [0.5, 0.6) is 0 Å². The molecule has 5 nitrogen and oxygen atoms in total. The summed E-state index contributed by atoms with van der Waals surface area (Å²) in [5.74, 6) is -1.18. The molecule has 0 amide bonds. The Balaban J connectivity index is 2.79. The Morgan fingerprint density at radius 1 is 1.85 bits per heavy atom. The van der Waals surface area contributed by atoms with Gasteiger partial charge in [0.2, 0.25) is 0 Å². The number of aromatic amines is 1. The smallest absolute Gasteiger partial charge is 0.321 e. The van der Waals surface area contributed by atoms with Gasteiger partial charge in [0.05, 0.1) is 6.33 Å². The number of imidazole rings is 1. The molecule has 0 aliphatic heterocycles. The second-order valence-corrected chi connectivity index (χ2v) is 2.89. The van der Waals surface area contributed by atoms with Crippen LogP contribution in [0.15, 0.2) is 12.5 Å². The Labute approximate surface area is 76.0 Å². The van der Waals surface area contributed by atoms with E-state index in [0.717, 1.165) is 5.69 Å². The fourth-order valence-corrected chi connectivity index (χ4v) is 1.31. The number of aliphatic carboxylic acids is 1. The number of hydrogen-bond acceptors (Lipinski definition) is 3. The summed E-state index contributed by atoms with van der Waals surface area (Å²) in [6.07, 6.45) is 3.80. The topological polar surface area (TPSA) is 92.0 Å². The minimum Gasteiger partial charge on any atom is -0.480 e. The van der Waals surface area contributed by atoms with Crippen molar-refractivity contribution in [3.05, 3.63) is 18.2 Å². The number of hydrogen-bond donors (Lipinski definition) is 3. The zero-order valence-corrected chi connectivity index (χ0v) is 7.40. The number of nitrogens with zero attached hydrogens (tertiary/aromatic N) is 1. The zero-order chi connectivity index (χ0) is 9.84. The zero-order valence-electron chi connectivity index (χ0n) is 7.40. The third kappa shape index (κ3) is 2.06. The molecule has 0 radical (unpaired) electrons. The van der Waals surface area contributed by atoms with Crippen LogP contribution in [-0.2, 0) is 4.79 Å². The van der Waals surface area contributed by atoms with Crippen molar-refractivity contribution in [1.29, 1.82) is 0 Å². The van der Waals surface area contributed by atoms with Gasteiger partial charge in [-0.1, -0.05) is 6.92 Å². The first kappa shape index (κ1) is 9.73. The maximum Gasteiger partial charge on any atom is 0.321 e. The highest BCUT2D eigenvalue weighted by Gasteiger charge is 2.24. The Morgan fingerprint density at radius 3 is 2.92 bits per heavy atom. The molecular weight excluding hydrogens is 170 g/mol. The van der Waals surface area contributed by atoms with Gasteiger partial charge in [-0.15, -0.1) is 0 Å². The third-order valence-electron chi connectivity index (χ3n) is 2.08. The van der Waals surface area contributed by atoms with Crippen molar-refractivity contribution >= 4 is 5.97 Å². The SMILES string of the molecule is CCC(c1cnc[nH]1)C(N)C(=O)O. The van der Waals surface area contributed by atoms with Gasteiger partial charge in [0.25, 0.3) is 0 Å². The van der Waals surface area contributed by atoms with Gasteiger partial charge in [0.1, 0.15) is 6.04 Å². The molecule has 1 rings (SSSR count). The minimum atomic E-state index is -0.985. The molecule has 0 spiro atoms. The highest BCUT2D eigenvalue weighted by molar-refractivity contribution is 5.74.